The van der Waals surface area contributed by atoms with Gasteiger partial charge < -0.3 is 15.5 Å². The maximum absolute atomic E-state index is 12.7. The number of sulfonamides is 1. The lowest BCUT2D eigenvalue weighted by Gasteiger charge is -2.38. The summed E-state index contributed by atoms with van der Waals surface area (Å²) in [5.74, 6) is 0.197. The first-order valence-electron chi connectivity index (χ1n) is 11.3. The van der Waals surface area contributed by atoms with Crippen LogP contribution in [0.15, 0.2) is 48.5 Å². The van der Waals surface area contributed by atoms with E-state index in [0.717, 1.165) is 22.7 Å². The Hall–Kier alpha value is -2.78. The number of nitrogens with zero attached hydrogens (tertiary/aromatic N) is 3. The molecule has 1 aliphatic heterocycles. The van der Waals surface area contributed by atoms with Gasteiger partial charge >= 0.3 is 15.3 Å². The van der Waals surface area contributed by atoms with E-state index in [2.05, 4.69) is 4.90 Å². The molecule has 1 saturated heterocycles. The molecule has 4 rings (SSSR count). The fraction of sp³-hybridized carbons (Fsp3) is 0.375. The molecule has 2 aromatic rings. The second kappa shape index (κ2) is 10.2. The number of carbonyl (C=O) groups is 2. The van der Waals surface area contributed by atoms with E-state index in [1.165, 1.54) is 0 Å². The summed E-state index contributed by atoms with van der Waals surface area (Å²) in [5.41, 5.74) is 7.40. The zero-order chi connectivity index (χ0) is 24.3. The molecular weight excluding hydrogens is 476 g/mol. The molecule has 2 amide bonds. The van der Waals surface area contributed by atoms with Crippen molar-refractivity contribution in [2.45, 2.75) is 19.3 Å². The smallest absolute Gasteiger partial charge is 0.354 e. The van der Waals surface area contributed by atoms with Crippen LogP contribution < -0.4 is 14.9 Å². The van der Waals surface area contributed by atoms with Crippen molar-refractivity contribution in [3.05, 3.63) is 65.5 Å². The number of carbonyl (C=O) groups excluding carboxylic acids is 2. The zero-order valence-corrected chi connectivity index (χ0v) is 20.3. The molecule has 8 nitrogen and oxygen atoms in total. The number of halogens is 1. The molecular formula is C24H28ClN4O4S. The predicted octanol–water partition coefficient (Wildman–Crippen LogP) is 3.06. The molecule has 0 atom stereocenters. The summed E-state index contributed by atoms with van der Waals surface area (Å²) in [6.45, 7) is 2.35. The number of hydrogen-bond acceptors (Lipinski definition) is 5. The molecule has 1 heterocycles. The Morgan fingerprint density at radius 1 is 1.03 bits per heavy atom. The number of nitrogens with two attached hydrogens (primary N) is 1. The van der Waals surface area contributed by atoms with Crippen molar-refractivity contribution in [2.24, 2.45) is 11.7 Å². The Bertz CT molecular complexity index is 1140. The van der Waals surface area contributed by atoms with E-state index < -0.39 is 15.3 Å². The van der Waals surface area contributed by atoms with Crippen LogP contribution in [0, 0.1) is 12.3 Å². The summed E-state index contributed by atoms with van der Waals surface area (Å²) in [5, 5.41) is -0.694. The highest BCUT2D eigenvalue weighted by atomic mass is 35.5. The van der Waals surface area contributed by atoms with E-state index in [1.54, 1.807) is 35.6 Å². The molecule has 1 aliphatic carbocycles. The Balaban J connectivity index is 1.43. The van der Waals surface area contributed by atoms with Gasteiger partial charge in [0.1, 0.15) is 0 Å². The normalized spacial score (nSPS) is 16.4. The predicted molar refractivity (Wildman–Crippen MR) is 133 cm³/mol. The van der Waals surface area contributed by atoms with E-state index in [1.807, 2.05) is 24.3 Å². The third-order valence-electron chi connectivity index (χ3n) is 6.17. The maximum Gasteiger partial charge on any atom is 0.354 e. The number of rotatable bonds is 8. The number of amides is 2. The van der Waals surface area contributed by atoms with Crippen molar-refractivity contribution < 1.29 is 18.0 Å². The molecule has 0 spiro atoms. The van der Waals surface area contributed by atoms with E-state index in [-0.39, 0.29) is 18.4 Å². The van der Waals surface area contributed by atoms with E-state index in [4.69, 9.17) is 17.3 Å². The standard InChI is InChI=1S/C24H28ClN4O4S/c25-20-10-7-18(8-11-20)9-12-23(30)28-15-13-27(14-16-28)21-3-1-2-4-22(21)29(17-19-5-6-19)34(32,33)24(26)31/h1-4,7-8,10-12,19H,5-6,9,13-17H2,(H2,26,31). The molecule has 34 heavy (non-hydrogen) atoms. The summed E-state index contributed by atoms with van der Waals surface area (Å²) >= 11 is 5.91. The van der Waals surface area contributed by atoms with Crippen molar-refractivity contribution in [1.29, 1.82) is 0 Å². The van der Waals surface area contributed by atoms with Crippen LogP contribution in [0.5, 0.6) is 0 Å². The van der Waals surface area contributed by atoms with Crippen LogP contribution in [0.1, 0.15) is 18.4 Å². The van der Waals surface area contributed by atoms with Gasteiger partial charge in [-0.25, -0.2) is 0 Å². The van der Waals surface area contributed by atoms with Gasteiger partial charge in [-0.3, -0.25) is 13.9 Å². The lowest BCUT2D eigenvalue weighted by atomic mass is 10.1. The summed E-state index contributed by atoms with van der Waals surface area (Å²) in [6, 6.07) is 14.5. The number of benzene rings is 2. The second-order valence-electron chi connectivity index (χ2n) is 8.63. The van der Waals surface area contributed by atoms with Crippen LogP contribution in [0.25, 0.3) is 0 Å². The molecule has 181 valence electrons. The maximum atomic E-state index is 12.7. The Morgan fingerprint density at radius 3 is 2.29 bits per heavy atom. The van der Waals surface area contributed by atoms with Crippen molar-refractivity contribution in [1.82, 2.24) is 4.90 Å². The Labute approximate surface area is 205 Å². The number of para-hydroxylation sites is 2. The highest BCUT2D eigenvalue weighted by molar-refractivity contribution is 8.07. The molecule has 10 heteroatoms. The van der Waals surface area contributed by atoms with Crippen molar-refractivity contribution in [3.63, 3.8) is 0 Å². The van der Waals surface area contributed by atoms with Gasteiger partial charge in [-0.1, -0.05) is 35.9 Å². The van der Waals surface area contributed by atoms with Gasteiger partial charge in [0, 0.05) is 37.7 Å². The van der Waals surface area contributed by atoms with Crippen LogP contribution in [-0.2, 0) is 21.2 Å². The third kappa shape index (κ3) is 5.64. The lowest BCUT2D eigenvalue weighted by molar-refractivity contribution is -0.127. The highest BCUT2D eigenvalue weighted by Crippen LogP contribution is 2.37. The first-order valence-corrected chi connectivity index (χ1v) is 13.1. The van der Waals surface area contributed by atoms with E-state index in [0.29, 0.717) is 49.0 Å². The fourth-order valence-corrected chi connectivity index (χ4v) is 5.20. The highest BCUT2D eigenvalue weighted by Gasteiger charge is 2.36. The van der Waals surface area contributed by atoms with Crippen molar-refractivity contribution in [3.8, 4) is 0 Å². The molecule has 2 aliphatic rings. The number of primary amides is 1. The minimum absolute atomic E-state index is 0.0328. The molecule has 1 radical (unpaired) electrons. The number of piperazine rings is 1. The van der Waals surface area contributed by atoms with Crippen LogP contribution in [0.3, 0.4) is 0 Å². The first kappa shape index (κ1) is 24.3. The van der Waals surface area contributed by atoms with Gasteiger partial charge in [0.15, 0.2) is 0 Å². The van der Waals surface area contributed by atoms with Gasteiger partial charge in [0.25, 0.3) is 0 Å². The SMILES string of the molecule is NC(=O)S(=O)(=O)N(CC1CC1)c1ccccc1N1CCN(C(=O)[CH]Cc2ccc(Cl)cc2)CC1. The molecule has 1 saturated carbocycles. The average Bonchev–Trinajstić information content (AvgIpc) is 3.66. The van der Waals surface area contributed by atoms with E-state index >= 15 is 0 Å². The minimum Gasteiger partial charge on any atom is -0.366 e. The van der Waals surface area contributed by atoms with Crippen molar-refractivity contribution >= 4 is 44.1 Å². The molecule has 0 unspecified atom stereocenters. The number of anilines is 2. The van der Waals surface area contributed by atoms with Gasteiger partial charge in [-0.2, -0.15) is 8.42 Å². The molecule has 2 fully saturated rings. The molecule has 2 N–H and O–H groups in total. The lowest BCUT2D eigenvalue weighted by Crippen LogP contribution is -2.49. The Morgan fingerprint density at radius 2 is 1.68 bits per heavy atom. The molecule has 0 bridgehead atoms. The molecule has 2 aromatic carbocycles. The minimum atomic E-state index is -4.30. The van der Waals surface area contributed by atoms with Gasteiger partial charge in [0.2, 0.25) is 5.91 Å². The summed E-state index contributed by atoms with van der Waals surface area (Å²) in [4.78, 5) is 28.3. The second-order valence-corrected chi connectivity index (χ2v) is 10.9. The first-order chi connectivity index (χ1) is 16.3. The molecule has 0 aromatic heterocycles. The largest absolute Gasteiger partial charge is 0.366 e. The van der Waals surface area contributed by atoms with Gasteiger partial charge in [-0.15, -0.1) is 0 Å². The summed E-state index contributed by atoms with van der Waals surface area (Å²) in [7, 11) is -4.30. The summed E-state index contributed by atoms with van der Waals surface area (Å²) < 4.78 is 26.6. The third-order valence-corrected chi connectivity index (χ3v) is 7.86. The number of hydrogen-bond donors (Lipinski definition) is 1. The van der Waals surface area contributed by atoms with E-state index in [9.17, 15) is 18.0 Å². The van der Waals surface area contributed by atoms with Crippen LogP contribution >= 0.6 is 11.6 Å². The monoisotopic (exact) mass is 503 g/mol. The summed E-state index contributed by atoms with van der Waals surface area (Å²) in [6.07, 6.45) is 4.06. The van der Waals surface area contributed by atoms with Gasteiger partial charge in [-0.05, 0) is 55.0 Å². The quantitative estimate of drug-likeness (QED) is 0.596. The van der Waals surface area contributed by atoms with Crippen molar-refractivity contribution in [2.75, 3.05) is 41.9 Å². The van der Waals surface area contributed by atoms with Crippen LogP contribution in [0.2, 0.25) is 5.02 Å². The van der Waals surface area contributed by atoms with Crippen LogP contribution in [-0.4, -0.2) is 57.2 Å². The Kier molecular flexibility index (Phi) is 7.33. The fourth-order valence-electron chi connectivity index (χ4n) is 4.03. The van der Waals surface area contributed by atoms with Crippen LogP contribution in [0.4, 0.5) is 16.2 Å². The topological polar surface area (TPSA) is 104 Å². The van der Waals surface area contributed by atoms with Gasteiger partial charge in [0.05, 0.1) is 17.8 Å². The average molecular weight is 504 g/mol. The zero-order valence-electron chi connectivity index (χ0n) is 18.8.